The van der Waals surface area contributed by atoms with Gasteiger partial charge in [-0.2, -0.15) is 0 Å². The highest BCUT2D eigenvalue weighted by atomic mass is 31.2. The minimum atomic E-state index is -3.33. The first-order valence-electron chi connectivity index (χ1n) is 6.69. The Morgan fingerprint density at radius 3 is 2.30 bits per heavy atom. The number of rotatable bonds is 6. The van der Waals surface area contributed by atoms with E-state index in [0.717, 1.165) is 16.3 Å². The average Bonchev–Trinajstić information content (AvgIpc) is 2.46. The lowest BCUT2D eigenvalue weighted by Gasteiger charge is -2.20. The summed E-state index contributed by atoms with van der Waals surface area (Å²) < 4.78 is 23.6. The Bertz CT molecular complexity index is 648. The molecule has 0 aliphatic rings. The number of benzene rings is 2. The molecule has 0 saturated carbocycles. The van der Waals surface area contributed by atoms with Crippen LogP contribution < -0.4 is 0 Å². The minimum Gasteiger partial charge on any atom is -0.305 e. The monoisotopic (exact) mass is 290 g/mol. The predicted molar refractivity (Wildman–Crippen MR) is 83.8 cm³/mol. The third kappa shape index (κ3) is 2.85. The van der Waals surface area contributed by atoms with E-state index in [1.54, 1.807) is 13.8 Å². The molecule has 3 nitrogen and oxygen atoms in total. The minimum absolute atomic E-state index is 0.320. The zero-order valence-electron chi connectivity index (χ0n) is 11.8. The summed E-state index contributed by atoms with van der Waals surface area (Å²) in [5, 5.41) is 2.49. The van der Waals surface area contributed by atoms with Crippen LogP contribution in [0.15, 0.2) is 49.0 Å². The SMILES string of the molecule is C=C(c1cccc2ccccc12)P(=O)(OCC)OCC. The fourth-order valence-corrected chi connectivity index (χ4v) is 3.71. The predicted octanol–water partition coefficient (Wildman–Crippen LogP) is 5.08. The van der Waals surface area contributed by atoms with E-state index in [4.69, 9.17) is 9.05 Å². The van der Waals surface area contributed by atoms with Crippen molar-refractivity contribution in [3.63, 3.8) is 0 Å². The van der Waals surface area contributed by atoms with Gasteiger partial charge in [-0.3, -0.25) is 4.57 Å². The van der Waals surface area contributed by atoms with Crippen LogP contribution in [0.25, 0.3) is 16.1 Å². The molecule has 2 aromatic rings. The van der Waals surface area contributed by atoms with E-state index >= 15 is 0 Å². The fraction of sp³-hybridized carbons (Fsp3) is 0.250. The molecule has 0 spiro atoms. The Morgan fingerprint density at radius 2 is 1.65 bits per heavy atom. The molecule has 0 fully saturated rings. The van der Waals surface area contributed by atoms with E-state index in [-0.39, 0.29) is 0 Å². The van der Waals surface area contributed by atoms with E-state index in [9.17, 15) is 4.57 Å². The Kier molecular flexibility index (Phi) is 4.77. The quantitative estimate of drug-likeness (QED) is 0.696. The highest BCUT2D eigenvalue weighted by Crippen LogP contribution is 2.60. The van der Waals surface area contributed by atoms with Crippen molar-refractivity contribution < 1.29 is 13.6 Å². The lowest BCUT2D eigenvalue weighted by molar-refractivity contribution is 0.231. The van der Waals surface area contributed by atoms with Crippen LogP contribution in [0, 0.1) is 0 Å². The van der Waals surface area contributed by atoms with Crippen LogP contribution in [0.5, 0.6) is 0 Å². The van der Waals surface area contributed by atoms with Crippen molar-refractivity contribution in [2.24, 2.45) is 0 Å². The van der Waals surface area contributed by atoms with Gasteiger partial charge in [-0.05, 0) is 30.2 Å². The van der Waals surface area contributed by atoms with Gasteiger partial charge >= 0.3 is 7.60 Å². The van der Waals surface area contributed by atoms with E-state index in [1.165, 1.54) is 0 Å². The maximum absolute atomic E-state index is 12.8. The molecule has 0 radical (unpaired) electrons. The molecule has 2 rings (SSSR count). The van der Waals surface area contributed by atoms with Crippen LogP contribution >= 0.6 is 7.60 Å². The summed E-state index contributed by atoms with van der Waals surface area (Å²) in [6, 6.07) is 13.8. The molecule has 0 unspecified atom stereocenters. The van der Waals surface area contributed by atoms with Gasteiger partial charge in [0.25, 0.3) is 0 Å². The first kappa shape index (κ1) is 15.0. The Morgan fingerprint density at radius 1 is 1.05 bits per heavy atom. The standard InChI is InChI=1S/C16H19O3P/c1-4-18-20(17,19-5-2)13(3)15-12-8-10-14-9-6-7-11-16(14)15/h6-12H,3-5H2,1-2H3. The molecule has 2 aromatic carbocycles. The maximum atomic E-state index is 12.8. The Hall–Kier alpha value is -1.41. The van der Waals surface area contributed by atoms with E-state index in [0.29, 0.717) is 18.5 Å². The number of hydrogen-bond acceptors (Lipinski definition) is 3. The van der Waals surface area contributed by atoms with Gasteiger partial charge in [-0.15, -0.1) is 0 Å². The molecule has 20 heavy (non-hydrogen) atoms. The van der Waals surface area contributed by atoms with Crippen molar-refractivity contribution in [3.8, 4) is 0 Å². The second kappa shape index (κ2) is 6.36. The average molecular weight is 290 g/mol. The van der Waals surface area contributed by atoms with Crippen molar-refractivity contribution in [1.29, 1.82) is 0 Å². The molecule has 0 heterocycles. The van der Waals surface area contributed by atoms with Gasteiger partial charge in [-0.25, -0.2) is 0 Å². The maximum Gasteiger partial charge on any atom is 0.361 e. The van der Waals surface area contributed by atoms with Crippen LogP contribution in [-0.2, 0) is 13.6 Å². The molecule has 4 heteroatoms. The lowest BCUT2D eigenvalue weighted by atomic mass is 10.0. The van der Waals surface area contributed by atoms with Gasteiger partial charge in [0.2, 0.25) is 0 Å². The molecule has 0 saturated heterocycles. The smallest absolute Gasteiger partial charge is 0.305 e. The van der Waals surface area contributed by atoms with Crippen molar-refractivity contribution in [2.45, 2.75) is 13.8 Å². The fourth-order valence-electron chi connectivity index (χ4n) is 2.16. The largest absolute Gasteiger partial charge is 0.361 e. The van der Waals surface area contributed by atoms with Crippen molar-refractivity contribution >= 4 is 23.7 Å². The third-order valence-corrected chi connectivity index (χ3v) is 5.13. The van der Waals surface area contributed by atoms with Crippen LogP contribution in [0.3, 0.4) is 0 Å². The molecular weight excluding hydrogens is 271 g/mol. The van der Waals surface area contributed by atoms with Crippen molar-refractivity contribution in [2.75, 3.05) is 13.2 Å². The van der Waals surface area contributed by atoms with Crippen molar-refractivity contribution in [3.05, 3.63) is 54.6 Å². The van der Waals surface area contributed by atoms with Gasteiger partial charge in [0.1, 0.15) is 0 Å². The highest BCUT2D eigenvalue weighted by molar-refractivity contribution is 7.65. The zero-order valence-corrected chi connectivity index (χ0v) is 12.7. The van der Waals surface area contributed by atoms with Gasteiger partial charge in [0.05, 0.1) is 18.5 Å². The second-order valence-electron chi connectivity index (χ2n) is 4.31. The van der Waals surface area contributed by atoms with E-state index in [2.05, 4.69) is 6.58 Å². The summed E-state index contributed by atoms with van der Waals surface area (Å²) >= 11 is 0. The first-order chi connectivity index (χ1) is 9.62. The molecule has 0 amide bonds. The zero-order chi connectivity index (χ0) is 14.6. The van der Waals surface area contributed by atoms with Gasteiger partial charge in [-0.1, -0.05) is 49.0 Å². The molecule has 0 aliphatic carbocycles. The van der Waals surface area contributed by atoms with Gasteiger partial charge in [0, 0.05) is 0 Å². The molecule has 106 valence electrons. The molecule has 0 N–H and O–H groups in total. The van der Waals surface area contributed by atoms with Crippen LogP contribution in [0.4, 0.5) is 0 Å². The molecule has 0 aliphatic heterocycles. The summed E-state index contributed by atoms with van der Waals surface area (Å²) in [4.78, 5) is 0. The summed E-state index contributed by atoms with van der Waals surface area (Å²) in [7, 11) is -3.33. The molecule has 0 atom stereocenters. The van der Waals surface area contributed by atoms with Crippen LogP contribution in [0.1, 0.15) is 19.4 Å². The summed E-state index contributed by atoms with van der Waals surface area (Å²) in [6.07, 6.45) is 0. The molecule has 0 aromatic heterocycles. The Labute approximate surface area is 119 Å². The third-order valence-electron chi connectivity index (χ3n) is 3.03. The van der Waals surface area contributed by atoms with Gasteiger partial charge < -0.3 is 9.05 Å². The molecular formula is C16H19O3P. The molecule has 0 bridgehead atoms. The first-order valence-corrected chi connectivity index (χ1v) is 8.23. The summed E-state index contributed by atoms with van der Waals surface area (Å²) in [5.74, 6) is 0. The highest BCUT2D eigenvalue weighted by Gasteiger charge is 2.29. The number of hydrogen-bond donors (Lipinski definition) is 0. The lowest BCUT2D eigenvalue weighted by Crippen LogP contribution is -1.98. The number of fused-ring (bicyclic) bond motifs is 1. The van der Waals surface area contributed by atoms with E-state index in [1.807, 2.05) is 42.5 Å². The normalized spacial score (nSPS) is 11.7. The van der Waals surface area contributed by atoms with Crippen molar-refractivity contribution in [1.82, 2.24) is 0 Å². The summed E-state index contributed by atoms with van der Waals surface area (Å²) in [5.41, 5.74) is 0.813. The Balaban J connectivity index is 2.52. The van der Waals surface area contributed by atoms with E-state index < -0.39 is 7.60 Å². The van der Waals surface area contributed by atoms with Gasteiger partial charge in [0.15, 0.2) is 0 Å². The summed E-state index contributed by atoms with van der Waals surface area (Å²) in [6.45, 7) is 8.20. The van der Waals surface area contributed by atoms with Crippen LogP contribution in [-0.4, -0.2) is 13.2 Å². The second-order valence-corrected chi connectivity index (χ2v) is 6.36. The topological polar surface area (TPSA) is 35.5 Å². The van der Waals surface area contributed by atoms with Crippen LogP contribution in [0.2, 0.25) is 0 Å².